The summed E-state index contributed by atoms with van der Waals surface area (Å²) >= 11 is 0. The van der Waals surface area contributed by atoms with Crippen LogP contribution in [0.4, 0.5) is 0 Å². The van der Waals surface area contributed by atoms with Crippen LogP contribution < -0.4 is 0 Å². The van der Waals surface area contributed by atoms with Crippen LogP contribution >= 0.6 is 0 Å². The summed E-state index contributed by atoms with van der Waals surface area (Å²) in [5.41, 5.74) is 0. The predicted octanol–water partition coefficient (Wildman–Crippen LogP) is 3.28. The Morgan fingerprint density at radius 2 is 2.00 bits per heavy atom. The lowest BCUT2D eigenvalue weighted by Gasteiger charge is -2.28. The first kappa shape index (κ1) is 8.10. The Bertz CT molecular complexity index is 86.2. The molecule has 0 bridgehead atoms. The number of hydrogen-bond acceptors (Lipinski definition) is 0. The molecule has 1 unspecified atom stereocenters. The fourth-order valence-electron chi connectivity index (χ4n) is 1.73. The molecule has 0 amide bonds. The smallest absolute Gasteiger partial charge is 0.0350 e. The summed E-state index contributed by atoms with van der Waals surface area (Å²) in [6.07, 6.45) is 6.75. The Morgan fingerprint density at radius 3 is 2.40 bits per heavy atom. The lowest BCUT2D eigenvalue weighted by atomic mass is 9.78. The maximum Gasteiger partial charge on any atom is -0.0350 e. The van der Waals surface area contributed by atoms with Crippen molar-refractivity contribution in [2.45, 2.75) is 40.0 Å². The molecule has 1 saturated carbocycles. The van der Waals surface area contributed by atoms with Crippen LogP contribution in [-0.2, 0) is 0 Å². The highest BCUT2D eigenvalue weighted by molar-refractivity contribution is 4.85. The van der Waals surface area contributed by atoms with Crippen molar-refractivity contribution in [3.05, 3.63) is 6.42 Å². The SMILES string of the molecule is CC(C)C1[CH]C[C@@H](C)CC1. The van der Waals surface area contributed by atoms with Crippen LogP contribution in [-0.4, -0.2) is 0 Å². The Labute approximate surface area is 65.0 Å². The summed E-state index contributed by atoms with van der Waals surface area (Å²) in [7, 11) is 0. The molecule has 1 aliphatic carbocycles. The second-order valence-corrected chi connectivity index (χ2v) is 4.06. The Kier molecular flexibility index (Phi) is 2.76. The summed E-state index contributed by atoms with van der Waals surface area (Å²) < 4.78 is 0. The van der Waals surface area contributed by atoms with E-state index in [1.165, 1.54) is 19.3 Å². The highest BCUT2D eigenvalue weighted by atomic mass is 14.3. The monoisotopic (exact) mass is 139 g/mol. The first-order valence-corrected chi connectivity index (χ1v) is 4.53. The van der Waals surface area contributed by atoms with E-state index in [0.717, 1.165) is 17.8 Å². The molecule has 0 heteroatoms. The van der Waals surface area contributed by atoms with Crippen molar-refractivity contribution in [1.82, 2.24) is 0 Å². The van der Waals surface area contributed by atoms with E-state index in [4.69, 9.17) is 0 Å². The standard InChI is InChI=1S/C10H19/c1-8(2)10-6-4-9(3)5-7-10/h6,8-10H,4-5,7H2,1-3H3/t9-,10?/m1/s1. The highest BCUT2D eigenvalue weighted by Crippen LogP contribution is 2.31. The van der Waals surface area contributed by atoms with Gasteiger partial charge in [-0.2, -0.15) is 0 Å². The lowest BCUT2D eigenvalue weighted by Crippen LogP contribution is -2.17. The van der Waals surface area contributed by atoms with Gasteiger partial charge in [-0.3, -0.25) is 0 Å². The van der Waals surface area contributed by atoms with E-state index in [9.17, 15) is 0 Å². The van der Waals surface area contributed by atoms with Crippen LogP contribution in [0.15, 0.2) is 0 Å². The highest BCUT2D eigenvalue weighted by Gasteiger charge is 2.20. The van der Waals surface area contributed by atoms with E-state index in [1.807, 2.05) is 0 Å². The van der Waals surface area contributed by atoms with Crippen LogP contribution in [0, 0.1) is 24.2 Å². The minimum absolute atomic E-state index is 0.868. The zero-order valence-electron chi connectivity index (χ0n) is 7.43. The molecule has 2 atom stereocenters. The van der Waals surface area contributed by atoms with E-state index in [1.54, 1.807) is 0 Å². The molecular formula is C10H19. The van der Waals surface area contributed by atoms with Crippen LogP contribution in [0.1, 0.15) is 40.0 Å². The first-order chi connectivity index (χ1) is 4.70. The molecule has 0 aromatic rings. The fourth-order valence-corrected chi connectivity index (χ4v) is 1.73. The Balaban J connectivity index is 2.26. The molecule has 0 saturated heterocycles. The maximum absolute atomic E-state index is 2.53. The third-order valence-corrected chi connectivity index (χ3v) is 2.69. The maximum atomic E-state index is 2.53. The zero-order chi connectivity index (χ0) is 7.56. The molecule has 0 heterocycles. The van der Waals surface area contributed by atoms with Crippen molar-refractivity contribution in [3.63, 3.8) is 0 Å². The van der Waals surface area contributed by atoms with Crippen molar-refractivity contribution in [2.75, 3.05) is 0 Å². The van der Waals surface area contributed by atoms with E-state index in [-0.39, 0.29) is 0 Å². The van der Waals surface area contributed by atoms with Gasteiger partial charge in [0.05, 0.1) is 0 Å². The Morgan fingerprint density at radius 1 is 1.30 bits per heavy atom. The predicted molar refractivity (Wildman–Crippen MR) is 45.6 cm³/mol. The summed E-state index contributed by atoms with van der Waals surface area (Å²) in [4.78, 5) is 0. The molecule has 0 aliphatic heterocycles. The van der Waals surface area contributed by atoms with Crippen LogP contribution in [0.5, 0.6) is 0 Å². The summed E-state index contributed by atoms with van der Waals surface area (Å²) in [5, 5.41) is 0. The molecule has 0 spiro atoms. The molecule has 0 nitrogen and oxygen atoms in total. The largest absolute Gasteiger partial charge is 0.0625 e. The Hall–Kier alpha value is 0. The van der Waals surface area contributed by atoms with Crippen molar-refractivity contribution < 1.29 is 0 Å². The topological polar surface area (TPSA) is 0 Å². The molecule has 1 aliphatic rings. The number of hydrogen-bond donors (Lipinski definition) is 0. The van der Waals surface area contributed by atoms with Crippen LogP contribution in [0.2, 0.25) is 0 Å². The average molecular weight is 139 g/mol. The summed E-state index contributed by atoms with van der Waals surface area (Å²) in [6.45, 7) is 7.02. The van der Waals surface area contributed by atoms with Crippen molar-refractivity contribution >= 4 is 0 Å². The van der Waals surface area contributed by atoms with Gasteiger partial charge in [0.1, 0.15) is 0 Å². The molecule has 0 aromatic heterocycles. The first-order valence-electron chi connectivity index (χ1n) is 4.53. The normalized spacial score (nSPS) is 34.8. The van der Waals surface area contributed by atoms with Gasteiger partial charge in [0.15, 0.2) is 0 Å². The molecular weight excluding hydrogens is 120 g/mol. The van der Waals surface area contributed by atoms with Crippen molar-refractivity contribution in [1.29, 1.82) is 0 Å². The zero-order valence-corrected chi connectivity index (χ0v) is 7.43. The van der Waals surface area contributed by atoms with E-state index in [2.05, 4.69) is 27.2 Å². The molecule has 1 rings (SSSR count). The average Bonchev–Trinajstić information content (AvgIpc) is 1.88. The number of rotatable bonds is 1. The van der Waals surface area contributed by atoms with Crippen molar-refractivity contribution in [2.24, 2.45) is 17.8 Å². The second-order valence-electron chi connectivity index (χ2n) is 4.06. The molecule has 1 radical (unpaired) electrons. The fraction of sp³-hybridized carbons (Fsp3) is 0.900. The van der Waals surface area contributed by atoms with E-state index >= 15 is 0 Å². The molecule has 10 heavy (non-hydrogen) atoms. The third kappa shape index (κ3) is 2.00. The van der Waals surface area contributed by atoms with Gasteiger partial charge in [0, 0.05) is 0 Å². The van der Waals surface area contributed by atoms with Crippen molar-refractivity contribution in [3.8, 4) is 0 Å². The van der Waals surface area contributed by atoms with Gasteiger partial charge in [0.25, 0.3) is 0 Å². The van der Waals surface area contributed by atoms with Gasteiger partial charge in [0.2, 0.25) is 0 Å². The van der Waals surface area contributed by atoms with Gasteiger partial charge < -0.3 is 0 Å². The summed E-state index contributed by atoms with van der Waals surface area (Å²) in [6, 6.07) is 0. The molecule has 0 aromatic carbocycles. The lowest BCUT2D eigenvalue weighted by molar-refractivity contribution is 0.302. The van der Waals surface area contributed by atoms with E-state index < -0.39 is 0 Å². The van der Waals surface area contributed by atoms with Crippen LogP contribution in [0.25, 0.3) is 0 Å². The van der Waals surface area contributed by atoms with Gasteiger partial charge in [-0.25, -0.2) is 0 Å². The minimum atomic E-state index is 0.868. The third-order valence-electron chi connectivity index (χ3n) is 2.69. The van der Waals surface area contributed by atoms with Gasteiger partial charge in [-0.15, -0.1) is 0 Å². The second kappa shape index (κ2) is 3.41. The molecule has 59 valence electrons. The minimum Gasteiger partial charge on any atom is -0.0625 e. The molecule has 1 fully saturated rings. The quantitative estimate of drug-likeness (QED) is 0.523. The van der Waals surface area contributed by atoms with Crippen LogP contribution in [0.3, 0.4) is 0 Å². The van der Waals surface area contributed by atoms with E-state index in [0.29, 0.717) is 0 Å². The van der Waals surface area contributed by atoms with Gasteiger partial charge in [-0.05, 0) is 37.0 Å². The van der Waals surface area contributed by atoms with Gasteiger partial charge >= 0.3 is 0 Å². The molecule has 0 N–H and O–H groups in total. The summed E-state index contributed by atoms with van der Waals surface area (Å²) in [5.74, 6) is 2.73. The van der Waals surface area contributed by atoms with Gasteiger partial charge in [-0.1, -0.05) is 27.2 Å².